The lowest BCUT2D eigenvalue weighted by molar-refractivity contribution is -0.143. The van der Waals surface area contributed by atoms with Crippen molar-refractivity contribution in [2.45, 2.75) is 83.4 Å². The van der Waals surface area contributed by atoms with E-state index in [0.29, 0.717) is 24.8 Å². The minimum Gasteiger partial charge on any atom is -0.481 e. The first-order chi connectivity index (χ1) is 15.1. The van der Waals surface area contributed by atoms with Gasteiger partial charge in [0.25, 0.3) is 0 Å². The molecule has 0 aromatic heterocycles. The molecule has 1 saturated heterocycles. The number of carboxylic acids is 1. The monoisotopic (exact) mass is 444 g/mol. The van der Waals surface area contributed by atoms with Crippen molar-refractivity contribution in [3.63, 3.8) is 0 Å². The first kappa shape index (κ1) is 24.7. The summed E-state index contributed by atoms with van der Waals surface area (Å²) in [5, 5.41) is 23.7. The van der Waals surface area contributed by atoms with Gasteiger partial charge in [0, 0.05) is 18.6 Å². The Bertz CT molecular complexity index is 761. The number of piperidine rings is 1. The second-order valence-corrected chi connectivity index (χ2v) is 10.9. The minimum absolute atomic E-state index is 0.0211. The number of aliphatic carboxylic acids is 1. The zero-order chi connectivity index (χ0) is 23.3. The van der Waals surface area contributed by atoms with Gasteiger partial charge in [0.05, 0.1) is 18.1 Å². The molecule has 0 radical (unpaired) electrons. The van der Waals surface area contributed by atoms with Crippen LogP contribution in [0, 0.1) is 17.8 Å². The van der Waals surface area contributed by atoms with Crippen LogP contribution in [0.5, 0.6) is 0 Å². The first-order valence-corrected chi connectivity index (χ1v) is 12.1. The largest absolute Gasteiger partial charge is 0.481 e. The Kier molecular flexibility index (Phi) is 8.34. The smallest absolute Gasteiger partial charge is 0.306 e. The van der Waals surface area contributed by atoms with Crippen molar-refractivity contribution in [2.75, 3.05) is 13.1 Å². The molecule has 2 aliphatic rings. The molecule has 1 aliphatic carbocycles. The third kappa shape index (κ3) is 7.04. The lowest BCUT2D eigenvalue weighted by Crippen LogP contribution is -2.58. The summed E-state index contributed by atoms with van der Waals surface area (Å²) < 4.78 is 0. The van der Waals surface area contributed by atoms with Crippen LogP contribution < -0.4 is 5.32 Å². The molecule has 3 rings (SSSR count). The van der Waals surface area contributed by atoms with Gasteiger partial charge >= 0.3 is 5.97 Å². The van der Waals surface area contributed by atoms with Gasteiger partial charge in [-0.15, -0.1) is 0 Å². The van der Waals surface area contributed by atoms with Crippen LogP contribution in [0.1, 0.15) is 64.9 Å². The predicted octanol–water partition coefficient (Wildman–Crippen LogP) is 3.48. The van der Waals surface area contributed by atoms with E-state index in [4.69, 9.17) is 0 Å². The summed E-state index contributed by atoms with van der Waals surface area (Å²) in [5.74, 6) is -0.387. The van der Waals surface area contributed by atoms with Crippen LogP contribution in [0.3, 0.4) is 0 Å². The van der Waals surface area contributed by atoms with Crippen LogP contribution in [0.2, 0.25) is 0 Å². The Morgan fingerprint density at radius 3 is 2.41 bits per heavy atom. The van der Waals surface area contributed by atoms with Crippen LogP contribution in [0.25, 0.3) is 0 Å². The molecule has 1 aliphatic heterocycles. The maximum Gasteiger partial charge on any atom is 0.306 e. The van der Waals surface area contributed by atoms with Crippen LogP contribution in [0.4, 0.5) is 0 Å². The highest BCUT2D eigenvalue weighted by Gasteiger charge is 2.41. The standard InChI is InChI=1S/C26H40N2O4/c1-26(2,3)27-24(30)23-15-19-11-7-8-12-20(19)16-28(23)17-22(29)14-21(25(31)32)13-18-9-5-4-6-10-18/h4-6,9-10,19-23,29H,7-8,11-17H2,1-3H3,(H,27,30)(H,31,32)/t19-,20+,21?,22?,23+/m1/s1. The average molecular weight is 445 g/mol. The number of likely N-dealkylation sites (tertiary alicyclic amines) is 1. The fourth-order valence-corrected chi connectivity index (χ4v) is 5.47. The Morgan fingerprint density at radius 2 is 1.78 bits per heavy atom. The van der Waals surface area contributed by atoms with E-state index in [1.807, 2.05) is 51.1 Å². The predicted molar refractivity (Wildman–Crippen MR) is 125 cm³/mol. The van der Waals surface area contributed by atoms with Crippen LogP contribution in [0.15, 0.2) is 30.3 Å². The topological polar surface area (TPSA) is 89.9 Å². The second kappa shape index (κ2) is 10.8. The number of rotatable bonds is 8. The third-order valence-electron chi connectivity index (χ3n) is 6.98. The number of carbonyl (C=O) groups excluding carboxylic acids is 1. The van der Waals surface area contributed by atoms with Crippen LogP contribution in [-0.4, -0.2) is 57.8 Å². The summed E-state index contributed by atoms with van der Waals surface area (Å²) >= 11 is 0. The number of nitrogens with zero attached hydrogens (tertiary/aromatic N) is 1. The molecule has 5 atom stereocenters. The summed E-state index contributed by atoms with van der Waals surface area (Å²) in [4.78, 5) is 27.1. The Balaban J connectivity index is 1.67. The maximum absolute atomic E-state index is 13.1. The molecule has 3 N–H and O–H groups in total. The molecule has 6 heteroatoms. The molecule has 2 fully saturated rings. The first-order valence-electron chi connectivity index (χ1n) is 12.1. The van der Waals surface area contributed by atoms with Gasteiger partial charge in [0.2, 0.25) is 5.91 Å². The van der Waals surface area contributed by atoms with E-state index in [2.05, 4.69) is 10.2 Å². The van der Waals surface area contributed by atoms with Crippen LogP contribution in [-0.2, 0) is 16.0 Å². The van der Waals surface area contributed by atoms with Crippen molar-refractivity contribution in [3.8, 4) is 0 Å². The van der Waals surface area contributed by atoms with Crippen molar-refractivity contribution < 1.29 is 19.8 Å². The fraction of sp³-hybridized carbons (Fsp3) is 0.692. The molecule has 0 bridgehead atoms. The lowest BCUT2D eigenvalue weighted by Gasteiger charge is -2.46. The normalized spacial score (nSPS) is 26.1. The molecular weight excluding hydrogens is 404 g/mol. The molecule has 1 saturated carbocycles. The molecule has 32 heavy (non-hydrogen) atoms. The van der Waals surface area contributed by atoms with Crippen molar-refractivity contribution >= 4 is 11.9 Å². The van der Waals surface area contributed by atoms with Crippen LogP contribution >= 0.6 is 0 Å². The Morgan fingerprint density at radius 1 is 1.12 bits per heavy atom. The number of aliphatic hydroxyl groups is 1. The third-order valence-corrected chi connectivity index (χ3v) is 6.98. The van der Waals surface area contributed by atoms with Crippen molar-refractivity contribution in [1.82, 2.24) is 10.2 Å². The van der Waals surface area contributed by atoms with Crippen molar-refractivity contribution in [3.05, 3.63) is 35.9 Å². The molecular formula is C26H40N2O4. The van der Waals surface area contributed by atoms with Gasteiger partial charge in [-0.25, -0.2) is 0 Å². The number of benzene rings is 1. The highest BCUT2D eigenvalue weighted by molar-refractivity contribution is 5.82. The average Bonchev–Trinajstić information content (AvgIpc) is 2.72. The van der Waals surface area contributed by atoms with Gasteiger partial charge in [-0.1, -0.05) is 49.6 Å². The number of carbonyl (C=O) groups is 2. The number of hydrogen-bond acceptors (Lipinski definition) is 4. The van der Waals surface area contributed by atoms with E-state index in [0.717, 1.165) is 18.5 Å². The summed E-state index contributed by atoms with van der Waals surface area (Å²) in [6, 6.07) is 9.29. The number of hydrogen-bond donors (Lipinski definition) is 3. The summed E-state index contributed by atoms with van der Waals surface area (Å²) in [5.41, 5.74) is 0.645. The molecule has 178 valence electrons. The summed E-state index contributed by atoms with van der Waals surface area (Å²) in [6.45, 7) is 7.09. The van der Waals surface area contributed by atoms with E-state index >= 15 is 0 Å². The lowest BCUT2D eigenvalue weighted by atomic mass is 9.72. The van der Waals surface area contributed by atoms with E-state index in [-0.39, 0.29) is 23.9 Å². The fourth-order valence-electron chi connectivity index (χ4n) is 5.47. The van der Waals surface area contributed by atoms with E-state index in [1.54, 1.807) is 0 Å². The number of nitrogens with one attached hydrogen (secondary N) is 1. The van der Waals surface area contributed by atoms with Gasteiger partial charge in [-0.2, -0.15) is 0 Å². The van der Waals surface area contributed by atoms with Gasteiger partial charge in [-0.05, 0) is 63.9 Å². The molecule has 0 spiro atoms. The molecule has 2 unspecified atom stereocenters. The minimum atomic E-state index is -0.888. The van der Waals surface area contributed by atoms with Gasteiger partial charge < -0.3 is 15.5 Å². The van der Waals surface area contributed by atoms with Crippen molar-refractivity contribution in [2.24, 2.45) is 17.8 Å². The van der Waals surface area contributed by atoms with E-state index in [1.165, 1.54) is 25.7 Å². The van der Waals surface area contributed by atoms with Gasteiger partial charge in [0.15, 0.2) is 0 Å². The molecule has 6 nitrogen and oxygen atoms in total. The number of fused-ring (bicyclic) bond motifs is 1. The zero-order valence-electron chi connectivity index (χ0n) is 19.8. The Hall–Kier alpha value is -1.92. The van der Waals surface area contributed by atoms with Gasteiger partial charge in [-0.3, -0.25) is 14.5 Å². The molecule has 1 amide bonds. The van der Waals surface area contributed by atoms with Crippen molar-refractivity contribution in [1.29, 1.82) is 0 Å². The zero-order valence-corrected chi connectivity index (χ0v) is 19.8. The quantitative estimate of drug-likeness (QED) is 0.571. The Labute approximate surface area is 192 Å². The number of amides is 1. The molecule has 1 heterocycles. The second-order valence-electron chi connectivity index (χ2n) is 10.9. The number of carboxylic acid groups (broad SMARTS) is 1. The molecule has 1 aromatic rings. The number of β-amino-alcohol motifs (C(OH)–C–C–N with tert-alkyl or cyclic N) is 1. The summed E-state index contributed by atoms with van der Waals surface area (Å²) in [7, 11) is 0. The van der Waals surface area contributed by atoms with Gasteiger partial charge in [0.1, 0.15) is 0 Å². The molecule has 1 aromatic carbocycles. The maximum atomic E-state index is 13.1. The number of aliphatic hydroxyl groups excluding tert-OH is 1. The highest BCUT2D eigenvalue weighted by Crippen LogP contribution is 2.39. The van der Waals surface area contributed by atoms with E-state index < -0.39 is 18.0 Å². The summed E-state index contributed by atoms with van der Waals surface area (Å²) in [6.07, 6.45) is 5.44. The SMILES string of the molecule is CC(C)(C)NC(=O)[C@@H]1C[C@H]2CCCC[C@H]2CN1CC(O)CC(Cc1ccccc1)C(=O)O. The highest BCUT2D eigenvalue weighted by atomic mass is 16.4. The van der Waals surface area contributed by atoms with E-state index in [9.17, 15) is 19.8 Å².